The maximum absolute atomic E-state index is 9.08. The Morgan fingerprint density at radius 3 is 2.38 bits per heavy atom. The molecule has 0 unspecified atom stereocenters. The first-order chi connectivity index (χ1) is 10.1. The lowest BCUT2D eigenvalue weighted by atomic mass is 9.65. The first-order valence-electron chi connectivity index (χ1n) is 7.69. The van der Waals surface area contributed by atoms with Gasteiger partial charge in [0.25, 0.3) is 0 Å². The molecule has 0 radical (unpaired) electrons. The zero-order chi connectivity index (χ0) is 15.3. The number of hydrogen-bond donors (Lipinski definition) is 0. The van der Waals surface area contributed by atoms with E-state index < -0.39 is 0 Å². The Morgan fingerprint density at radius 2 is 1.86 bits per heavy atom. The van der Waals surface area contributed by atoms with Crippen LogP contribution in [-0.2, 0) is 6.54 Å². The fourth-order valence-electron chi connectivity index (χ4n) is 3.10. The number of rotatable bonds is 4. The predicted octanol–water partition coefficient (Wildman–Crippen LogP) is 5.41. The van der Waals surface area contributed by atoms with Crippen LogP contribution in [0.2, 0.25) is 5.02 Å². The Labute approximate surface area is 132 Å². The van der Waals surface area contributed by atoms with Crippen molar-refractivity contribution in [3.8, 4) is 6.07 Å². The molecule has 1 aliphatic carbocycles. The third kappa shape index (κ3) is 4.08. The normalized spacial score (nSPS) is 22.1. The van der Waals surface area contributed by atoms with Crippen molar-refractivity contribution in [1.82, 2.24) is 0 Å². The van der Waals surface area contributed by atoms with Crippen molar-refractivity contribution in [2.75, 3.05) is 0 Å². The molecule has 1 aromatic carbocycles. The third-order valence-corrected chi connectivity index (χ3v) is 5.13. The van der Waals surface area contributed by atoms with Crippen molar-refractivity contribution in [2.45, 2.75) is 52.5 Å². The zero-order valence-electron chi connectivity index (χ0n) is 12.9. The summed E-state index contributed by atoms with van der Waals surface area (Å²) in [5.41, 5.74) is 2.71. The summed E-state index contributed by atoms with van der Waals surface area (Å²) in [6, 6.07) is 10.3. The summed E-state index contributed by atoms with van der Waals surface area (Å²) in [5, 5.41) is 9.85. The van der Waals surface area contributed by atoms with Gasteiger partial charge in [-0.2, -0.15) is 5.26 Å². The Balaban J connectivity index is 1.95. The summed E-state index contributed by atoms with van der Waals surface area (Å²) >= 11 is 5.89. The van der Waals surface area contributed by atoms with Gasteiger partial charge in [-0.3, -0.25) is 4.99 Å². The standard InChI is InChI=1S/C18H23ClN2/c1-14(2)18(11-12-20)9-7-17(8-10-18)21-13-15-3-5-16(19)6-4-15/h3-6,14H,7-11,13H2,1-2H3. The monoisotopic (exact) mass is 302 g/mol. The van der Waals surface area contributed by atoms with Gasteiger partial charge in [0.15, 0.2) is 0 Å². The van der Waals surface area contributed by atoms with E-state index in [2.05, 4.69) is 19.9 Å². The quantitative estimate of drug-likeness (QED) is 0.732. The van der Waals surface area contributed by atoms with Crippen LogP contribution >= 0.6 is 11.6 Å². The molecule has 0 atom stereocenters. The lowest BCUT2D eigenvalue weighted by Crippen LogP contribution is -2.32. The highest BCUT2D eigenvalue weighted by molar-refractivity contribution is 6.30. The Hall–Kier alpha value is -1.33. The molecule has 21 heavy (non-hydrogen) atoms. The number of halogens is 1. The average molecular weight is 303 g/mol. The van der Waals surface area contributed by atoms with E-state index >= 15 is 0 Å². The third-order valence-electron chi connectivity index (χ3n) is 4.88. The molecule has 1 fully saturated rings. The SMILES string of the molecule is CC(C)C1(CC#N)CCC(=NCc2ccc(Cl)cc2)CC1. The van der Waals surface area contributed by atoms with Crippen molar-refractivity contribution in [2.24, 2.45) is 16.3 Å². The van der Waals surface area contributed by atoms with E-state index in [1.54, 1.807) is 0 Å². The highest BCUT2D eigenvalue weighted by Gasteiger charge is 2.36. The maximum Gasteiger partial charge on any atom is 0.0639 e. The van der Waals surface area contributed by atoms with Crippen molar-refractivity contribution < 1.29 is 0 Å². The molecular weight excluding hydrogens is 280 g/mol. The van der Waals surface area contributed by atoms with E-state index in [0.29, 0.717) is 12.3 Å². The van der Waals surface area contributed by atoms with Gasteiger partial charge in [-0.05, 0) is 54.7 Å². The Morgan fingerprint density at radius 1 is 1.24 bits per heavy atom. The first kappa shape index (κ1) is 16.0. The molecular formula is C18H23ClN2. The largest absolute Gasteiger partial charge is 0.289 e. The van der Waals surface area contributed by atoms with Gasteiger partial charge in [0, 0.05) is 17.2 Å². The molecule has 0 aliphatic heterocycles. The van der Waals surface area contributed by atoms with Crippen LogP contribution < -0.4 is 0 Å². The van der Waals surface area contributed by atoms with Crippen LogP contribution in [0, 0.1) is 22.7 Å². The molecule has 0 heterocycles. The molecule has 0 N–H and O–H groups in total. The molecule has 0 bridgehead atoms. The second-order valence-electron chi connectivity index (χ2n) is 6.36. The number of hydrogen-bond acceptors (Lipinski definition) is 2. The molecule has 3 heteroatoms. The lowest BCUT2D eigenvalue weighted by Gasteiger charge is -2.39. The van der Waals surface area contributed by atoms with E-state index in [4.69, 9.17) is 21.9 Å². The van der Waals surface area contributed by atoms with Crippen LogP contribution in [0.4, 0.5) is 0 Å². The van der Waals surface area contributed by atoms with Crippen molar-refractivity contribution >= 4 is 17.3 Å². The lowest BCUT2D eigenvalue weighted by molar-refractivity contribution is 0.155. The van der Waals surface area contributed by atoms with Gasteiger partial charge < -0.3 is 0 Å². The molecule has 1 aliphatic rings. The molecule has 1 aromatic rings. The van der Waals surface area contributed by atoms with Crippen LogP contribution in [0.5, 0.6) is 0 Å². The predicted molar refractivity (Wildman–Crippen MR) is 88.6 cm³/mol. The fraction of sp³-hybridized carbons (Fsp3) is 0.556. The van der Waals surface area contributed by atoms with Gasteiger partial charge in [0.1, 0.15) is 0 Å². The second kappa shape index (κ2) is 7.09. The van der Waals surface area contributed by atoms with Gasteiger partial charge in [0.2, 0.25) is 0 Å². The summed E-state index contributed by atoms with van der Waals surface area (Å²) in [6.45, 7) is 5.22. The minimum absolute atomic E-state index is 0.202. The smallest absolute Gasteiger partial charge is 0.0639 e. The number of nitriles is 1. The van der Waals surface area contributed by atoms with E-state index in [9.17, 15) is 0 Å². The van der Waals surface area contributed by atoms with Gasteiger partial charge in [-0.1, -0.05) is 37.6 Å². The van der Waals surface area contributed by atoms with Crippen LogP contribution in [0.1, 0.15) is 51.5 Å². The highest BCUT2D eigenvalue weighted by atomic mass is 35.5. The maximum atomic E-state index is 9.08. The molecule has 2 rings (SSSR count). The molecule has 0 spiro atoms. The fourth-order valence-corrected chi connectivity index (χ4v) is 3.23. The van der Waals surface area contributed by atoms with Crippen LogP contribution in [0.15, 0.2) is 29.3 Å². The van der Waals surface area contributed by atoms with E-state index in [-0.39, 0.29) is 5.41 Å². The molecule has 112 valence electrons. The molecule has 1 saturated carbocycles. The summed E-state index contributed by atoms with van der Waals surface area (Å²) < 4.78 is 0. The first-order valence-corrected chi connectivity index (χ1v) is 8.07. The number of aliphatic imine (C=N–C) groups is 1. The van der Waals surface area contributed by atoms with E-state index in [0.717, 1.165) is 37.3 Å². The highest BCUT2D eigenvalue weighted by Crippen LogP contribution is 2.44. The zero-order valence-corrected chi connectivity index (χ0v) is 13.7. The summed E-state index contributed by atoms with van der Waals surface area (Å²) in [6.07, 6.45) is 4.94. The number of nitrogens with zero attached hydrogens (tertiary/aromatic N) is 2. The average Bonchev–Trinajstić information content (AvgIpc) is 2.48. The second-order valence-corrected chi connectivity index (χ2v) is 6.80. The van der Waals surface area contributed by atoms with Crippen molar-refractivity contribution in [3.63, 3.8) is 0 Å². The molecule has 2 nitrogen and oxygen atoms in total. The van der Waals surface area contributed by atoms with Crippen molar-refractivity contribution in [1.29, 1.82) is 5.26 Å². The summed E-state index contributed by atoms with van der Waals surface area (Å²) in [7, 11) is 0. The molecule has 0 amide bonds. The van der Waals surface area contributed by atoms with Gasteiger partial charge in [-0.25, -0.2) is 0 Å². The molecule has 0 aromatic heterocycles. The van der Waals surface area contributed by atoms with Crippen LogP contribution in [0.25, 0.3) is 0 Å². The Bertz CT molecular complexity index is 527. The topological polar surface area (TPSA) is 36.1 Å². The minimum Gasteiger partial charge on any atom is -0.289 e. The molecule has 0 saturated heterocycles. The summed E-state index contributed by atoms with van der Waals surface area (Å²) in [4.78, 5) is 4.76. The number of benzene rings is 1. The van der Waals surface area contributed by atoms with Gasteiger partial charge >= 0.3 is 0 Å². The van der Waals surface area contributed by atoms with Crippen LogP contribution in [0.3, 0.4) is 0 Å². The Kier molecular flexibility index (Phi) is 5.42. The van der Waals surface area contributed by atoms with E-state index in [1.165, 1.54) is 11.3 Å². The summed E-state index contributed by atoms with van der Waals surface area (Å²) in [5.74, 6) is 0.565. The van der Waals surface area contributed by atoms with Gasteiger partial charge in [-0.15, -0.1) is 0 Å². The van der Waals surface area contributed by atoms with Gasteiger partial charge in [0.05, 0.1) is 12.6 Å². The van der Waals surface area contributed by atoms with E-state index in [1.807, 2.05) is 24.3 Å². The minimum atomic E-state index is 0.202. The van der Waals surface area contributed by atoms with Crippen LogP contribution in [-0.4, -0.2) is 5.71 Å². The van der Waals surface area contributed by atoms with Crippen molar-refractivity contribution in [3.05, 3.63) is 34.9 Å².